The summed E-state index contributed by atoms with van der Waals surface area (Å²) < 4.78 is 29.9. The maximum atomic E-state index is 13.3. The van der Waals surface area contributed by atoms with E-state index >= 15 is 0 Å². The minimum absolute atomic E-state index is 0.0514. The molecule has 8 heteroatoms. The number of rotatable bonds is 3. The molecule has 126 valence electrons. The molecule has 0 aromatic carbocycles. The maximum absolute atomic E-state index is 13.3. The Morgan fingerprint density at radius 2 is 2.04 bits per heavy atom. The first-order chi connectivity index (χ1) is 11.6. The highest BCUT2D eigenvalue weighted by Gasteiger charge is 2.43. The molecule has 1 aliphatic carbocycles. The van der Waals surface area contributed by atoms with Crippen LogP contribution in [0.3, 0.4) is 0 Å². The summed E-state index contributed by atoms with van der Waals surface area (Å²) in [5.74, 6) is 0.544. The molecule has 0 radical (unpaired) electrons. The van der Waals surface area contributed by atoms with Crippen LogP contribution in [0.5, 0.6) is 0 Å². The lowest BCUT2D eigenvalue weighted by atomic mass is 9.93. The largest absolute Gasteiger partial charge is 0.366 e. The molecule has 7 nitrogen and oxygen atoms in total. The maximum Gasteiger partial charge on any atom is 0.268 e. The summed E-state index contributed by atoms with van der Waals surface area (Å²) in [6.45, 7) is 1.60. The molecule has 1 saturated carbocycles. The van der Waals surface area contributed by atoms with E-state index in [-0.39, 0.29) is 10.9 Å². The van der Waals surface area contributed by atoms with Gasteiger partial charge in [-0.1, -0.05) is 0 Å². The van der Waals surface area contributed by atoms with E-state index < -0.39 is 10.0 Å². The molecule has 1 atom stereocenters. The Hall–Kier alpha value is -2.09. The number of sulfonamides is 1. The van der Waals surface area contributed by atoms with Crippen LogP contribution in [0, 0.1) is 0 Å². The second kappa shape index (κ2) is 4.95. The lowest BCUT2D eigenvalue weighted by Gasteiger charge is -2.35. The van der Waals surface area contributed by atoms with Gasteiger partial charge in [0.05, 0.1) is 24.0 Å². The van der Waals surface area contributed by atoms with Crippen molar-refractivity contribution in [2.24, 2.45) is 0 Å². The summed E-state index contributed by atoms with van der Waals surface area (Å²) >= 11 is 0. The Morgan fingerprint density at radius 3 is 2.83 bits per heavy atom. The molecule has 1 saturated heterocycles. The number of fused-ring (bicyclic) bond motifs is 4. The molecule has 0 amide bonds. The standard InChI is InChI=1S/C16H19N5O2S/c22-24(23,14-9-18-20(11-14)12-3-1-4-12)21-13-6-8-19(10-13)15-5-2-7-17-16(15)21/h2,5,7,9,11-13H,1,3-4,6,8,10H2. The van der Waals surface area contributed by atoms with E-state index in [2.05, 4.69) is 15.0 Å². The number of pyridine rings is 1. The van der Waals surface area contributed by atoms with E-state index in [0.717, 1.165) is 38.0 Å². The molecule has 4 heterocycles. The summed E-state index contributed by atoms with van der Waals surface area (Å²) in [5, 5.41) is 4.30. The fraction of sp³-hybridized carbons (Fsp3) is 0.500. The number of hydrogen-bond donors (Lipinski definition) is 0. The monoisotopic (exact) mass is 345 g/mol. The van der Waals surface area contributed by atoms with Crippen molar-refractivity contribution in [2.75, 3.05) is 22.3 Å². The van der Waals surface area contributed by atoms with Gasteiger partial charge in [0, 0.05) is 25.5 Å². The Balaban J connectivity index is 1.58. The Bertz CT molecular complexity index is 889. The van der Waals surface area contributed by atoms with E-state index in [9.17, 15) is 8.42 Å². The Labute approximate surface area is 140 Å². The van der Waals surface area contributed by atoms with Crippen LogP contribution >= 0.6 is 0 Å². The van der Waals surface area contributed by atoms with Crippen LogP contribution in [0.15, 0.2) is 35.6 Å². The van der Waals surface area contributed by atoms with Gasteiger partial charge >= 0.3 is 0 Å². The topological polar surface area (TPSA) is 71.3 Å². The molecule has 2 bridgehead atoms. The van der Waals surface area contributed by atoms with E-state index in [0.29, 0.717) is 11.9 Å². The smallest absolute Gasteiger partial charge is 0.268 e. The normalized spacial score (nSPS) is 23.2. The number of anilines is 2. The van der Waals surface area contributed by atoms with Crippen LogP contribution < -0.4 is 9.21 Å². The van der Waals surface area contributed by atoms with Crippen LogP contribution in [0.4, 0.5) is 11.5 Å². The van der Waals surface area contributed by atoms with Gasteiger partial charge in [0.15, 0.2) is 5.82 Å². The average Bonchev–Trinajstić information content (AvgIpc) is 3.15. The van der Waals surface area contributed by atoms with Gasteiger partial charge in [0.25, 0.3) is 10.0 Å². The van der Waals surface area contributed by atoms with Crippen LogP contribution in [-0.4, -0.2) is 42.3 Å². The van der Waals surface area contributed by atoms with Gasteiger partial charge in [-0.3, -0.25) is 4.68 Å². The zero-order valence-corrected chi connectivity index (χ0v) is 14.1. The summed E-state index contributed by atoms with van der Waals surface area (Å²) in [7, 11) is -3.65. The Kier molecular flexibility index (Phi) is 2.94. The van der Waals surface area contributed by atoms with E-state index in [1.165, 1.54) is 16.9 Å². The zero-order chi connectivity index (χ0) is 16.3. The molecular formula is C16H19N5O2S. The summed E-state index contributed by atoms with van der Waals surface area (Å²) in [6.07, 6.45) is 8.99. The van der Waals surface area contributed by atoms with Gasteiger partial charge in [-0.2, -0.15) is 5.10 Å². The van der Waals surface area contributed by atoms with E-state index in [1.54, 1.807) is 17.1 Å². The fourth-order valence-corrected chi connectivity index (χ4v) is 5.44. The van der Waals surface area contributed by atoms with Crippen molar-refractivity contribution in [1.29, 1.82) is 0 Å². The molecule has 2 aromatic heterocycles. The first kappa shape index (κ1) is 14.3. The highest BCUT2D eigenvalue weighted by Crippen LogP contribution is 2.41. The van der Waals surface area contributed by atoms with Crippen molar-refractivity contribution >= 4 is 21.5 Å². The first-order valence-corrected chi connectivity index (χ1v) is 9.87. The summed E-state index contributed by atoms with van der Waals surface area (Å²) in [5.41, 5.74) is 0.904. The van der Waals surface area contributed by atoms with Crippen molar-refractivity contribution in [1.82, 2.24) is 14.8 Å². The highest BCUT2D eigenvalue weighted by molar-refractivity contribution is 7.92. The lowest BCUT2D eigenvalue weighted by Crippen LogP contribution is -2.46. The van der Waals surface area contributed by atoms with Crippen molar-refractivity contribution in [3.63, 3.8) is 0 Å². The van der Waals surface area contributed by atoms with E-state index in [1.807, 2.05) is 12.1 Å². The minimum Gasteiger partial charge on any atom is -0.366 e. The van der Waals surface area contributed by atoms with Gasteiger partial charge in [-0.05, 0) is 37.8 Å². The van der Waals surface area contributed by atoms with Gasteiger partial charge in [-0.15, -0.1) is 0 Å². The van der Waals surface area contributed by atoms with Crippen molar-refractivity contribution < 1.29 is 8.42 Å². The van der Waals surface area contributed by atoms with Crippen LogP contribution in [0.2, 0.25) is 0 Å². The zero-order valence-electron chi connectivity index (χ0n) is 13.2. The van der Waals surface area contributed by atoms with E-state index in [4.69, 9.17) is 0 Å². The number of nitrogens with zero attached hydrogens (tertiary/aromatic N) is 5. The third kappa shape index (κ3) is 1.92. The van der Waals surface area contributed by atoms with Gasteiger partial charge < -0.3 is 4.90 Å². The van der Waals surface area contributed by atoms with Gasteiger partial charge in [0.2, 0.25) is 0 Å². The van der Waals surface area contributed by atoms with Crippen LogP contribution in [-0.2, 0) is 10.0 Å². The third-order valence-corrected chi connectivity index (χ3v) is 7.19. The SMILES string of the molecule is O=S(=O)(c1cnn(C2CCC2)c1)N1c2ncccc2N2CCC1C2. The minimum atomic E-state index is -3.65. The molecule has 0 spiro atoms. The van der Waals surface area contributed by atoms with Crippen molar-refractivity contribution in [2.45, 2.75) is 42.7 Å². The summed E-state index contributed by atoms with van der Waals surface area (Å²) in [6, 6.07) is 4.10. The second-order valence-corrected chi connectivity index (χ2v) is 8.59. The second-order valence-electron chi connectivity index (χ2n) is 6.78. The van der Waals surface area contributed by atoms with Crippen molar-refractivity contribution in [3.8, 4) is 0 Å². The highest BCUT2D eigenvalue weighted by atomic mass is 32.2. The molecule has 1 unspecified atom stereocenters. The van der Waals surface area contributed by atoms with Gasteiger partial charge in [0.1, 0.15) is 4.90 Å². The molecule has 2 fully saturated rings. The predicted molar refractivity (Wildman–Crippen MR) is 89.6 cm³/mol. The quantitative estimate of drug-likeness (QED) is 0.848. The Morgan fingerprint density at radius 1 is 1.17 bits per heavy atom. The first-order valence-electron chi connectivity index (χ1n) is 8.43. The molecule has 24 heavy (non-hydrogen) atoms. The third-order valence-electron chi connectivity index (χ3n) is 5.39. The number of hydrogen-bond acceptors (Lipinski definition) is 5. The molecule has 2 aromatic rings. The molecule has 5 rings (SSSR count). The number of aromatic nitrogens is 3. The predicted octanol–water partition coefficient (Wildman–Crippen LogP) is 1.79. The molecule has 3 aliphatic rings. The molecular weight excluding hydrogens is 326 g/mol. The van der Waals surface area contributed by atoms with Crippen molar-refractivity contribution in [3.05, 3.63) is 30.7 Å². The van der Waals surface area contributed by atoms with Crippen LogP contribution in [0.25, 0.3) is 0 Å². The van der Waals surface area contributed by atoms with Gasteiger partial charge in [-0.25, -0.2) is 17.7 Å². The lowest BCUT2D eigenvalue weighted by molar-refractivity contribution is 0.289. The fourth-order valence-electron chi connectivity index (χ4n) is 3.86. The van der Waals surface area contributed by atoms with Crippen LogP contribution in [0.1, 0.15) is 31.7 Å². The molecule has 0 N–H and O–H groups in total. The summed E-state index contributed by atoms with van der Waals surface area (Å²) in [4.78, 5) is 6.87. The molecule has 2 aliphatic heterocycles. The average molecular weight is 345 g/mol.